The molecule has 1 aromatic carbocycles. The molecule has 0 saturated carbocycles. The van der Waals surface area contributed by atoms with Gasteiger partial charge in [-0.3, -0.25) is 4.98 Å². The SMILES string of the molecule is C=C1/C=C\NC/C=C\C=C/1c1nccn2nc(Nc3ccc(N4CCOCC4)cc3)nc12. The highest BCUT2D eigenvalue weighted by molar-refractivity contribution is 5.86. The van der Waals surface area contributed by atoms with Crippen LogP contribution in [0.3, 0.4) is 0 Å². The van der Waals surface area contributed by atoms with Gasteiger partial charge in [0.1, 0.15) is 5.69 Å². The largest absolute Gasteiger partial charge is 0.387 e. The third kappa shape index (κ3) is 4.26. The standard InChI is InChI=1S/C24H25N7O/c1-18-9-11-25-10-3-2-4-21(18)22-23-28-24(29-31(23)13-12-26-22)27-19-5-7-20(8-6-19)30-14-16-32-17-15-30/h2-9,11-13,25H,1,10,14-17H2,(H,27,29)/b3-2-,11-9-,21-4+. The molecule has 0 spiro atoms. The predicted octanol–water partition coefficient (Wildman–Crippen LogP) is 3.32. The molecule has 1 fully saturated rings. The Morgan fingerprint density at radius 1 is 1.12 bits per heavy atom. The average Bonchev–Trinajstić information content (AvgIpc) is 3.28. The summed E-state index contributed by atoms with van der Waals surface area (Å²) in [6.45, 7) is 8.32. The quantitative estimate of drug-likeness (QED) is 0.661. The predicted molar refractivity (Wildman–Crippen MR) is 127 cm³/mol. The van der Waals surface area contributed by atoms with Gasteiger partial charge in [-0.25, -0.2) is 4.52 Å². The first kappa shape index (κ1) is 20.0. The molecule has 2 aliphatic rings. The number of nitrogens with zero attached hydrogens (tertiary/aromatic N) is 5. The summed E-state index contributed by atoms with van der Waals surface area (Å²) in [5.74, 6) is 0.514. The first-order valence-electron chi connectivity index (χ1n) is 10.7. The zero-order valence-corrected chi connectivity index (χ0v) is 17.7. The summed E-state index contributed by atoms with van der Waals surface area (Å²) in [4.78, 5) is 11.6. The van der Waals surface area contributed by atoms with E-state index in [-0.39, 0.29) is 0 Å². The number of morpholine rings is 1. The lowest BCUT2D eigenvalue weighted by Crippen LogP contribution is -2.36. The minimum atomic E-state index is 0.514. The van der Waals surface area contributed by atoms with E-state index < -0.39 is 0 Å². The molecule has 0 amide bonds. The molecule has 0 aliphatic carbocycles. The van der Waals surface area contributed by atoms with Crippen molar-refractivity contribution in [3.63, 3.8) is 0 Å². The third-order valence-electron chi connectivity index (χ3n) is 5.39. The minimum absolute atomic E-state index is 0.514. The summed E-state index contributed by atoms with van der Waals surface area (Å²) in [5.41, 5.74) is 5.27. The second kappa shape index (κ2) is 9.07. The van der Waals surface area contributed by atoms with Gasteiger partial charge in [-0.15, -0.1) is 5.10 Å². The average molecular weight is 428 g/mol. The number of hydrogen-bond donors (Lipinski definition) is 2. The highest BCUT2D eigenvalue weighted by Gasteiger charge is 2.15. The lowest BCUT2D eigenvalue weighted by molar-refractivity contribution is 0.122. The molecule has 2 aromatic heterocycles. The second-order valence-electron chi connectivity index (χ2n) is 7.53. The monoisotopic (exact) mass is 427 g/mol. The fourth-order valence-electron chi connectivity index (χ4n) is 3.72. The highest BCUT2D eigenvalue weighted by atomic mass is 16.5. The summed E-state index contributed by atoms with van der Waals surface area (Å²) < 4.78 is 7.17. The van der Waals surface area contributed by atoms with Crippen molar-refractivity contribution in [2.45, 2.75) is 0 Å². The van der Waals surface area contributed by atoms with Gasteiger partial charge in [0.2, 0.25) is 5.95 Å². The van der Waals surface area contributed by atoms with E-state index in [2.05, 4.69) is 44.3 Å². The lowest BCUT2D eigenvalue weighted by atomic mass is 10.0. The Morgan fingerprint density at radius 2 is 1.97 bits per heavy atom. The van der Waals surface area contributed by atoms with Gasteiger partial charge in [0.05, 0.1) is 13.2 Å². The topological polar surface area (TPSA) is 79.6 Å². The summed E-state index contributed by atoms with van der Waals surface area (Å²) in [6.07, 6.45) is 13.4. The Labute approximate surface area is 186 Å². The van der Waals surface area contributed by atoms with E-state index in [1.54, 1.807) is 16.9 Å². The zero-order chi connectivity index (χ0) is 21.8. The number of hydrogen-bond acceptors (Lipinski definition) is 7. The first-order chi connectivity index (χ1) is 15.8. The molecule has 2 aliphatic heterocycles. The van der Waals surface area contributed by atoms with Crippen LogP contribution in [-0.4, -0.2) is 52.4 Å². The maximum Gasteiger partial charge on any atom is 0.247 e. The maximum atomic E-state index is 5.43. The minimum Gasteiger partial charge on any atom is -0.387 e. The van der Waals surface area contributed by atoms with Gasteiger partial charge in [-0.05, 0) is 42.1 Å². The molecule has 8 heteroatoms. The Balaban J connectivity index is 1.41. The number of benzene rings is 1. The normalized spacial score (nSPS) is 20.4. The number of ether oxygens (including phenoxy) is 1. The van der Waals surface area contributed by atoms with E-state index in [1.807, 2.05) is 42.6 Å². The molecule has 0 bridgehead atoms. The Kier molecular flexibility index (Phi) is 5.67. The maximum absolute atomic E-state index is 5.43. The van der Waals surface area contributed by atoms with Crippen molar-refractivity contribution >= 4 is 28.5 Å². The molecule has 1 saturated heterocycles. The van der Waals surface area contributed by atoms with Crippen LogP contribution in [0, 0.1) is 0 Å². The van der Waals surface area contributed by atoms with Crippen LogP contribution in [0.15, 0.2) is 79.3 Å². The highest BCUT2D eigenvalue weighted by Crippen LogP contribution is 2.26. The van der Waals surface area contributed by atoms with E-state index in [0.717, 1.165) is 55.4 Å². The second-order valence-corrected chi connectivity index (χ2v) is 7.53. The molecule has 0 unspecified atom stereocenters. The van der Waals surface area contributed by atoms with Gasteiger partial charge < -0.3 is 20.3 Å². The molecule has 162 valence electrons. The van der Waals surface area contributed by atoms with Crippen LogP contribution in [0.1, 0.15) is 5.69 Å². The van der Waals surface area contributed by atoms with Crippen LogP contribution < -0.4 is 15.5 Å². The number of aromatic nitrogens is 4. The zero-order valence-electron chi connectivity index (χ0n) is 17.7. The van der Waals surface area contributed by atoms with Crippen molar-refractivity contribution in [1.82, 2.24) is 24.9 Å². The first-order valence-corrected chi connectivity index (χ1v) is 10.7. The Morgan fingerprint density at radius 3 is 2.81 bits per heavy atom. The van der Waals surface area contributed by atoms with Crippen LogP contribution in [-0.2, 0) is 4.74 Å². The number of allylic oxidation sites excluding steroid dienone is 5. The van der Waals surface area contributed by atoms with Gasteiger partial charge in [0.25, 0.3) is 0 Å². The number of rotatable bonds is 4. The molecule has 2 N–H and O–H groups in total. The van der Waals surface area contributed by atoms with Gasteiger partial charge in [-0.2, -0.15) is 4.98 Å². The summed E-state index contributed by atoms with van der Waals surface area (Å²) >= 11 is 0. The van der Waals surface area contributed by atoms with Crippen molar-refractivity contribution < 1.29 is 4.74 Å². The van der Waals surface area contributed by atoms with Crippen LogP contribution in [0.25, 0.3) is 11.2 Å². The van der Waals surface area contributed by atoms with Crippen LogP contribution in [0.5, 0.6) is 0 Å². The lowest BCUT2D eigenvalue weighted by Gasteiger charge is -2.28. The van der Waals surface area contributed by atoms with Crippen LogP contribution in [0.2, 0.25) is 0 Å². The summed E-state index contributed by atoms with van der Waals surface area (Å²) in [6, 6.07) is 8.30. The molecule has 3 aromatic rings. The van der Waals surface area contributed by atoms with Crippen molar-refractivity contribution in [3.05, 3.63) is 85.0 Å². The van der Waals surface area contributed by atoms with Crippen LogP contribution >= 0.6 is 0 Å². The van der Waals surface area contributed by atoms with E-state index in [9.17, 15) is 0 Å². The molecule has 0 atom stereocenters. The fourth-order valence-corrected chi connectivity index (χ4v) is 3.72. The van der Waals surface area contributed by atoms with Gasteiger partial charge in [-0.1, -0.05) is 24.8 Å². The van der Waals surface area contributed by atoms with E-state index in [1.165, 1.54) is 5.69 Å². The summed E-state index contributed by atoms with van der Waals surface area (Å²) in [7, 11) is 0. The third-order valence-corrected chi connectivity index (χ3v) is 5.39. The van der Waals surface area contributed by atoms with Crippen molar-refractivity contribution in [1.29, 1.82) is 0 Å². The van der Waals surface area contributed by atoms with Gasteiger partial charge in [0.15, 0.2) is 5.65 Å². The molecule has 5 rings (SSSR count). The molecule has 32 heavy (non-hydrogen) atoms. The van der Waals surface area contributed by atoms with Gasteiger partial charge in [0, 0.05) is 49.0 Å². The van der Waals surface area contributed by atoms with Crippen molar-refractivity contribution in [3.8, 4) is 0 Å². The number of fused-ring (bicyclic) bond motifs is 1. The van der Waals surface area contributed by atoms with E-state index in [0.29, 0.717) is 11.6 Å². The Bertz CT molecular complexity index is 1200. The Hall–Kier alpha value is -3.91. The molecule has 8 nitrogen and oxygen atoms in total. The van der Waals surface area contributed by atoms with Crippen molar-refractivity contribution in [2.24, 2.45) is 0 Å². The molecule has 0 radical (unpaired) electrons. The molecular formula is C24H25N7O. The van der Waals surface area contributed by atoms with E-state index >= 15 is 0 Å². The fraction of sp³-hybridized carbons (Fsp3) is 0.208. The molecular weight excluding hydrogens is 402 g/mol. The van der Waals surface area contributed by atoms with Crippen molar-refractivity contribution in [2.75, 3.05) is 43.1 Å². The number of anilines is 3. The summed E-state index contributed by atoms with van der Waals surface area (Å²) in [5, 5.41) is 11.1. The molecule has 4 heterocycles. The van der Waals surface area contributed by atoms with Gasteiger partial charge >= 0.3 is 0 Å². The number of nitrogens with one attached hydrogen (secondary N) is 2. The smallest absolute Gasteiger partial charge is 0.247 e. The van der Waals surface area contributed by atoms with E-state index in [4.69, 9.17) is 9.72 Å². The van der Waals surface area contributed by atoms with Crippen LogP contribution in [0.4, 0.5) is 17.3 Å².